The molecule has 1 aliphatic heterocycles. The van der Waals surface area contributed by atoms with Crippen LogP contribution >= 0.6 is 11.8 Å². The van der Waals surface area contributed by atoms with Crippen molar-refractivity contribution in [3.05, 3.63) is 42.5 Å². The number of thioether (sulfide) groups is 1. The minimum Gasteiger partial charge on any atom is -0.387 e. The maximum atomic E-state index is 11.5. The number of carbonyl (C=O) groups is 2. The van der Waals surface area contributed by atoms with Gasteiger partial charge in [0.05, 0.1) is 12.4 Å². The monoisotopic (exact) mass is 529 g/mol. The van der Waals surface area contributed by atoms with Crippen LogP contribution in [-0.4, -0.2) is 77.9 Å². The topological polar surface area (TPSA) is 164 Å². The van der Waals surface area contributed by atoms with Gasteiger partial charge in [-0.3, -0.25) is 14.2 Å². The highest BCUT2D eigenvalue weighted by Gasteiger charge is 2.44. The Kier molecular flexibility index (Phi) is 8.92. The van der Waals surface area contributed by atoms with Crippen LogP contribution in [0.2, 0.25) is 0 Å². The Morgan fingerprint density at radius 2 is 1.92 bits per heavy atom. The summed E-state index contributed by atoms with van der Waals surface area (Å²) in [6, 6.07) is 7.50. The molecule has 5 N–H and O–H groups in total. The highest BCUT2D eigenvalue weighted by atomic mass is 32.2. The molecule has 1 aromatic carbocycles. The number of fused-ring (bicyclic) bond motifs is 1. The molecule has 1 aliphatic rings. The van der Waals surface area contributed by atoms with Crippen LogP contribution in [0, 0.1) is 0 Å². The predicted octanol–water partition coefficient (Wildman–Crippen LogP) is 1.28. The molecule has 3 heterocycles. The molecule has 0 aliphatic carbocycles. The number of amides is 2. The number of imidazole rings is 1. The van der Waals surface area contributed by atoms with Gasteiger partial charge >= 0.3 is 0 Å². The summed E-state index contributed by atoms with van der Waals surface area (Å²) in [5, 5.41) is 30.0. The van der Waals surface area contributed by atoms with E-state index in [0.29, 0.717) is 48.0 Å². The lowest BCUT2D eigenvalue weighted by Crippen LogP contribution is -2.33. The van der Waals surface area contributed by atoms with Gasteiger partial charge in [-0.15, -0.1) is 0 Å². The lowest BCUT2D eigenvalue weighted by Gasteiger charge is -2.16. The molecule has 4 atom stereocenters. The van der Waals surface area contributed by atoms with Gasteiger partial charge < -0.3 is 30.9 Å². The molecule has 0 radical (unpaired) electrons. The number of aliphatic hydroxyl groups excluding tert-OH is 2. The number of anilines is 2. The van der Waals surface area contributed by atoms with Gasteiger partial charge in [0.15, 0.2) is 23.2 Å². The Morgan fingerprint density at radius 3 is 2.65 bits per heavy atom. The zero-order valence-electron chi connectivity index (χ0n) is 20.6. The van der Waals surface area contributed by atoms with Crippen LogP contribution in [0.4, 0.5) is 11.5 Å². The second kappa shape index (κ2) is 12.3. The minimum atomic E-state index is -1.16. The van der Waals surface area contributed by atoms with E-state index in [1.165, 1.54) is 31.3 Å². The first-order chi connectivity index (χ1) is 17.9. The highest BCUT2D eigenvalue weighted by Crippen LogP contribution is 2.33. The Morgan fingerprint density at radius 1 is 1.14 bits per heavy atom. The third kappa shape index (κ3) is 6.55. The van der Waals surface area contributed by atoms with E-state index in [4.69, 9.17) is 4.74 Å². The lowest BCUT2D eigenvalue weighted by atomic mass is 10.1. The van der Waals surface area contributed by atoms with Gasteiger partial charge in [-0.25, -0.2) is 15.0 Å². The van der Waals surface area contributed by atoms with Gasteiger partial charge in [-0.05, 0) is 17.7 Å². The van der Waals surface area contributed by atoms with Crippen LogP contribution in [0.15, 0.2) is 36.9 Å². The largest absolute Gasteiger partial charge is 0.387 e. The Labute approximate surface area is 218 Å². The molecule has 13 heteroatoms. The third-order valence-corrected chi connectivity index (χ3v) is 6.95. The minimum absolute atomic E-state index is 0.0410. The van der Waals surface area contributed by atoms with Crippen molar-refractivity contribution >= 4 is 46.2 Å². The Hall–Kier alpha value is -3.26. The molecule has 0 spiro atoms. The first kappa shape index (κ1) is 26.8. The SMILES string of the molecule is CCC(=O)Nc1ccc(CNc2ncnc3c2ncn3[C@@H]2O[C@H](CSCCNC(C)=O)[C@@H](O)[C@H]2O)cc1. The maximum Gasteiger partial charge on any atom is 0.224 e. The summed E-state index contributed by atoms with van der Waals surface area (Å²) < 4.78 is 7.59. The summed E-state index contributed by atoms with van der Waals surface area (Å²) >= 11 is 1.52. The average molecular weight is 530 g/mol. The lowest BCUT2D eigenvalue weighted by molar-refractivity contribution is -0.119. The smallest absolute Gasteiger partial charge is 0.224 e. The summed E-state index contributed by atoms with van der Waals surface area (Å²) in [5.74, 6) is 1.51. The zero-order chi connectivity index (χ0) is 26.4. The number of hydrogen-bond acceptors (Lipinski definition) is 10. The third-order valence-electron chi connectivity index (χ3n) is 5.89. The predicted molar refractivity (Wildman–Crippen MR) is 140 cm³/mol. The van der Waals surface area contributed by atoms with Crippen LogP contribution in [0.1, 0.15) is 32.1 Å². The summed E-state index contributed by atoms with van der Waals surface area (Å²) in [6.07, 6.45) is -0.321. The van der Waals surface area contributed by atoms with E-state index < -0.39 is 24.5 Å². The molecule has 0 bridgehead atoms. The van der Waals surface area contributed by atoms with E-state index in [2.05, 4.69) is 30.9 Å². The van der Waals surface area contributed by atoms with Gasteiger partial charge in [-0.2, -0.15) is 11.8 Å². The number of rotatable bonds is 11. The fourth-order valence-electron chi connectivity index (χ4n) is 3.90. The standard InChI is InChI=1S/C24H31N7O5S/c1-3-18(33)30-16-6-4-15(5-7-16)10-26-22-19-23(28-12-27-22)31(13-29-19)24-21(35)20(34)17(36-24)11-37-9-8-25-14(2)32/h4-7,12-13,17,20-21,24,34-35H,3,8-11H2,1-2H3,(H,25,32)(H,30,33)(H,26,27,28)/t17-,20-,21-,24-/m1/s1. The number of ether oxygens (including phenoxy) is 1. The molecular weight excluding hydrogens is 498 g/mol. The molecular formula is C24H31N7O5S. The number of benzene rings is 1. The molecule has 198 valence electrons. The number of aromatic nitrogens is 4. The van der Waals surface area contributed by atoms with E-state index in [1.807, 2.05) is 24.3 Å². The molecule has 0 unspecified atom stereocenters. The van der Waals surface area contributed by atoms with Gasteiger partial charge in [0.25, 0.3) is 0 Å². The van der Waals surface area contributed by atoms with E-state index in [9.17, 15) is 19.8 Å². The van der Waals surface area contributed by atoms with E-state index in [0.717, 1.165) is 11.3 Å². The Bertz CT molecular complexity index is 1220. The van der Waals surface area contributed by atoms with E-state index >= 15 is 0 Å². The van der Waals surface area contributed by atoms with Crippen LogP contribution < -0.4 is 16.0 Å². The molecule has 37 heavy (non-hydrogen) atoms. The molecule has 4 rings (SSSR count). The molecule has 12 nitrogen and oxygen atoms in total. The average Bonchev–Trinajstić information content (AvgIpc) is 3.44. The summed E-state index contributed by atoms with van der Waals surface area (Å²) in [6.45, 7) is 4.26. The molecule has 2 aromatic heterocycles. The van der Waals surface area contributed by atoms with Crippen molar-refractivity contribution in [2.75, 3.05) is 28.7 Å². The number of aliphatic hydroxyl groups is 2. The van der Waals surface area contributed by atoms with Gasteiger partial charge in [-0.1, -0.05) is 19.1 Å². The Balaban J connectivity index is 1.39. The van der Waals surface area contributed by atoms with Crippen molar-refractivity contribution < 1.29 is 24.5 Å². The number of nitrogens with one attached hydrogen (secondary N) is 3. The normalized spacial score (nSPS) is 21.2. The summed E-state index contributed by atoms with van der Waals surface area (Å²) in [5.41, 5.74) is 2.69. The maximum absolute atomic E-state index is 11.5. The van der Waals surface area contributed by atoms with Crippen LogP contribution in [-0.2, 0) is 20.9 Å². The van der Waals surface area contributed by atoms with Crippen molar-refractivity contribution in [1.82, 2.24) is 24.8 Å². The van der Waals surface area contributed by atoms with Crippen LogP contribution in [0.5, 0.6) is 0 Å². The van der Waals surface area contributed by atoms with Gasteiger partial charge in [0.2, 0.25) is 11.8 Å². The second-order valence-electron chi connectivity index (χ2n) is 8.60. The van der Waals surface area contributed by atoms with Gasteiger partial charge in [0.1, 0.15) is 18.5 Å². The van der Waals surface area contributed by atoms with Crippen molar-refractivity contribution in [2.45, 2.75) is 51.4 Å². The zero-order valence-corrected chi connectivity index (χ0v) is 21.4. The van der Waals surface area contributed by atoms with Crippen molar-refractivity contribution in [1.29, 1.82) is 0 Å². The highest BCUT2D eigenvalue weighted by molar-refractivity contribution is 7.99. The second-order valence-corrected chi connectivity index (χ2v) is 9.75. The van der Waals surface area contributed by atoms with Crippen molar-refractivity contribution in [2.24, 2.45) is 0 Å². The molecule has 2 amide bonds. The summed E-state index contributed by atoms with van der Waals surface area (Å²) in [7, 11) is 0. The fraction of sp³-hybridized carbons (Fsp3) is 0.458. The van der Waals surface area contributed by atoms with Crippen molar-refractivity contribution in [3.63, 3.8) is 0 Å². The molecule has 1 saturated heterocycles. The van der Waals surface area contributed by atoms with E-state index in [1.54, 1.807) is 11.5 Å². The number of nitrogens with zero attached hydrogens (tertiary/aromatic N) is 4. The van der Waals surface area contributed by atoms with Crippen LogP contribution in [0.25, 0.3) is 11.2 Å². The summed E-state index contributed by atoms with van der Waals surface area (Å²) in [4.78, 5) is 35.6. The quantitative estimate of drug-likeness (QED) is 0.229. The van der Waals surface area contributed by atoms with E-state index in [-0.39, 0.29) is 11.8 Å². The van der Waals surface area contributed by atoms with Crippen LogP contribution in [0.3, 0.4) is 0 Å². The fourth-order valence-corrected chi connectivity index (χ4v) is 4.83. The van der Waals surface area contributed by atoms with Crippen molar-refractivity contribution in [3.8, 4) is 0 Å². The molecule has 0 saturated carbocycles. The first-order valence-corrected chi connectivity index (χ1v) is 13.2. The number of hydrogen-bond donors (Lipinski definition) is 5. The first-order valence-electron chi connectivity index (χ1n) is 12.0. The molecule has 3 aromatic rings. The number of carbonyl (C=O) groups excluding carboxylic acids is 2. The van der Waals surface area contributed by atoms with Gasteiger partial charge in [0, 0.05) is 43.6 Å². The molecule has 1 fully saturated rings.